The molecule has 1 aliphatic rings. The molecular weight excluding hydrogens is 398 g/mol. The lowest BCUT2D eigenvalue weighted by molar-refractivity contribution is 0.0696. The van der Waals surface area contributed by atoms with Crippen LogP contribution in [0.2, 0.25) is 0 Å². The van der Waals surface area contributed by atoms with Crippen LogP contribution in [0.3, 0.4) is 0 Å². The molecule has 1 aromatic heterocycles. The highest BCUT2D eigenvalue weighted by atomic mass is 35.5. The van der Waals surface area contributed by atoms with Gasteiger partial charge in [0, 0.05) is 17.0 Å². The Morgan fingerprint density at radius 2 is 1.79 bits per heavy atom. The van der Waals surface area contributed by atoms with E-state index in [0.29, 0.717) is 58.2 Å². The van der Waals surface area contributed by atoms with Crippen molar-refractivity contribution < 1.29 is 28.8 Å². The maximum Gasteiger partial charge on any atom is 0.338 e. The Bertz CT molecular complexity index is 1110. The van der Waals surface area contributed by atoms with Crippen molar-refractivity contribution in [3.63, 3.8) is 0 Å². The van der Waals surface area contributed by atoms with Crippen LogP contribution in [-0.4, -0.2) is 43.5 Å². The number of aromatic nitrogens is 1. The molecule has 0 fully saturated rings. The number of pyridine rings is 1. The molecule has 0 radical (unpaired) electrons. The van der Waals surface area contributed by atoms with Crippen LogP contribution in [0.25, 0.3) is 22.0 Å². The zero-order chi connectivity index (χ0) is 20.5. The molecule has 0 spiro atoms. The van der Waals surface area contributed by atoms with Crippen LogP contribution in [0.5, 0.6) is 23.0 Å². The zero-order valence-corrected chi connectivity index (χ0v) is 16.6. The summed E-state index contributed by atoms with van der Waals surface area (Å²) in [5, 5.41) is 10.6. The van der Waals surface area contributed by atoms with E-state index >= 15 is 0 Å². The second-order valence-electron chi connectivity index (χ2n) is 6.33. The quantitative estimate of drug-likeness (QED) is 0.627. The number of halogens is 1. The largest absolute Gasteiger partial charge is 0.493 e. The number of hydrogen-bond acceptors (Lipinski definition) is 6. The summed E-state index contributed by atoms with van der Waals surface area (Å²) in [5.41, 5.74) is 2.00. The maximum atomic E-state index is 12.2. The molecule has 2 heterocycles. The van der Waals surface area contributed by atoms with Gasteiger partial charge in [-0.15, -0.1) is 11.6 Å². The summed E-state index contributed by atoms with van der Waals surface area (Å²) in [6.07, 6.45) is 0. The van der Waals surface area contributed by atoms with Crippen molar-refractivity contribution >= 4 is 28.5 Å². The van der Waals surface area contributed by atoms with Crippen LogP contribution >= 0.6 is 11.6 Å². The van der Waals surface area contributed by atoms with Crippen LogP contribution in [-0.2, 0) is 5.88 Å². The third-order valence-electron chi connectivity index (χ3n) is 4.74. The van der Waals surface area contributed by atoms with Crippen molar-refractivity contribution in [3.05, 3.63) is 41.6 Å². The number of carbonyl (C=O) groups is 1. The molecule has 3 aromatic rings. The van der Waals surface area contributed by atoms with Crippen LogP contribution in [0.4, 0.5) is 0 Å². The molecule has 2 aromatic carbocycles. The molecule has 0 aliphatic carbocycles. The highest BCUT2D eigenvalue weighted by molar-refractivity contribution is 6.18. The molecule has 0 amide bonds. The first-order chi connectivity index (χ1) is 14.1. The van der Waals surface area contributed by atoms with Gasteiger partial charge in [-0.3, -0.25) is 4.98 Å². The molecule has 1 N–H and O–H groups in total. The number of benzene rings is 2. The lowest BCUT2D eigenvalue weighted by Crippen LogP contribution is -2.15. The number of nitrogens with zero attached hydrogens (tertiary/aromatic N) is 1. The van der Waals surface area contributed by atoms with Crippen molar-refractivity contribution in [2.45, 2.75) is 5.88 Å². The summed E-state index contributed by atoms with van der Waals surface area (Å²) in [6.45, 7) is 0.861. The molecule has 29 heavy (non-hydrogen) atoms. The minimum absolute atomic E-state index is 0.0383. The molecular formula is C21H18ClNO6. The van der Waals surface area contributed by atoms with Crippen LogP contribution in [0.1, 0.15) is 16.1 Å². The average Bonchev–Trinajstić information content (AvgIpc) is 2.75. The Labute approximate surface area is 171 Å². The van der Waals surface area contributed by atoms with E-state index in [9.17, 15) is 9.90 Å². The zero-order valence-electron chi connectivity index (χ0n) is 15.8. The number of fused-ring (bicyclic) bond motifs is 2. The molecule has 7 nitrogen and oxygen atoms in total. The summed E-state index contributed by atoms with van der Waals surface area (Å²) in [6, 6.07) is 8.74. The number of rotatable bonds is 5. The first kappa shape index (κ1) is 19.1. The van der Waals surface area contributed by atoms with Gasteiger partial charge in [-0.05, 0) is 23.8 Å². The van der Waals surface area contributed by atoms with Gasteiger partial charge in [-0.2, -0.15) is 0 Å². The highest BCUT2D eigenvalue weighted by Gasteiger charge is 2.24. The summed E-state index contributed by atoms with van der Waals surface area (Å²) < 4.78 is 22.0. The van der Waals surface area contributed by atoms with Crippen LogP contribution < -0.4 is 18.9 Å². The van der Waals surface area contributed by atoms with Gasteiger partial charge in [0.05, 0.1) is 36.9 Å². The van der Waals surface area contributed by atoms with Gasteiger partial charge in [-0.1, -0.05) is 6.07 Å². The lowest BCUT2D eigenvalue weighted by Gasteiger charge is -2.21. The minimum Gasteiger partial charge on any atom is -0.493 e. The SMILES string of the molecule is COc1ccc(-c2c(C(=O)O)c(CCl)nc3cc4c(cc23)OCCO4)cc1OC. The second-order valence-corrected chi connectivity index (χ2v) is 6.60. The molecule has 0 unspecified atom stereocenters. The Balaban J connectivity index is 2.09. The number of alkyl halides is 1. The van der Waals surface area contributed by atoms with Gasteiger partial charge in [0.15, 0.2) is 23.0 Å². The van der Waals surface area contributed by atoms with Gasteiger partial charge in [0.1, 0.15) is 13.2 Å². The van der Waals surface area contributed by atoms with E-state index < -0.39 is 5.97 Å². The van der Waals surface area contributed by atoms with E-state index in [2.05, 4.69) is 4.98 Å². The van der Waals surface area contributed by atoms with Crippen molar-refractivity contribution in [1.29, 1.82) is 0 Å². The van der Waals surface area contributed by atoms with Gasteiger partial charge in [0.2, 0.25) is 0 Å². The van der Waals surface area contributed by atoms with Gasteiger partial charge in [0.25, 0.3) is 0 Å². The van der Waals surface area contributed by atoms with E-state index in [1.807, 2.05) is 0 Å². The smallest absolute Gasteiger partial charge is 0.338 e. The minimum atomic E-state index is -1.12. The average molecular weight is 416 g/mol. The van der Waals surface area contributed by atoms with Crippen LogP contribution in [0, 0.1) is 0 Å². The molecule has 4 rings (SSSR count). The van der Waals surface area contributed by atoms with E-state index in [-0.39, 0.29) is 17.1 Å². The normalized spacial score (nSPS) is 12.7. The second kappa shape index (κ2) is 7.67. The third-order valence-corrected chi connectivity index (χ3v) is 4.99. The monoisotopic (exact) mass is 415 g/mol. The van der Waals surface area contributed by atoms with E-state index in [4.69, 9.17) is 30.5 Å². The molecule has 1 aliphatic heterocycles. The van der Waals surface area contributed by atoms with Crippen molar-refractivity contribution in [2.75, 3.05) is 27.4 Å². The molecule has 0 saturated heterocycles. The fraction of sp³-hybridized carbons (Fsp3) is 0.238. The Morgan fingerprint density at radius 1 is 1.10 bits per heavy atom. The van der Waals surface area contributed by atoms with E-state index in [0.717, 1.165) is 0 Å². The highest BCUT2D eigenvalue weighted by Crippen LogP contribution is 2.42. The summed E-state index contributed by atoms with van der Waals surface area (Å²) in [5.74, 6) is 0.969. The Kier molecular flexibility index (Phi) is 5.07. The Hall–Kier alpha value is -3.19. The van der Waals surface area contributed by atoms with E-state index in [1.54, 1.807) is 30.3 Å². The first-order valence-electron chi connectivity index (χ1n) is 8.85. The fourth-order valence-electron chi connectivity index (χ4n) is 3.47. The summed E-state index contributed by atoms with van der Waals surface area (Å²) in [4.78, 5) is 16.7. The number of carboxylic acid groups (broad SMARTS) is 1. The molecule has 0 atom stereocenters. The molecule has 150 valence electrons. The third kappa shape index (κ3) is 3.27. The predicted molar refractivity (Wildman–Crippen MR) is 108 cm³/mol. The van der Waals surface area contributed by atoms with Crippen molar-refractivity contribution in [2.24, 2.45) is 0 Å². The topological polar surface area (TPSA) is 87.1 Å². The summed E-state index contributed by atoms with van der Waals surface area (Å²) >= 11 is 6.06. The number of aromatic carboxylic acids is 1. The number of carboxylic acids is 1. The fourth-order valence-corrected chi connectivity index (χ4v) is 3.66. The Morgan fingerprint density at radius 3 is 2.41 bits per heavy atom. The van der Waals surface area contributed by atoms with Crippen molar-refractivity contribution in [1.82, 2.24) is 4.98 Å². The molecule has 8 heteroatoms. The molecule has 0 saturated carbocycles. The van der Waals surface area contributed by atoms with Gasteiger partial charge in [-0.25, -0.2) is 4.79 Å². The van der Waals surface area contributed by atoms with E-state index in [1.165, 1.54) is 14.2 Å². The van der Waals surface area contributed by atoms with Gasteiger partial charge < -0.3 is 24.1 Å². The lowest BCUT2D eigenvalue weighted by atomic mass is 9.93. The maximum absolute atomic E-state index is 12.2. The molecule has 0 bridgehead atoms. The number of ether oxygens (including phenoxy) is 4. The standard InChI is InChI=1S/C21H18ClNO6/c1-26-15-4-3-11(7-16(15)27-2)19-12-8-17-18(29-6-5-28-17)9-13(12)23-14(10-22)20(19)21(24)25/h3-4,7-9H,5-6,10H2,1-2H3,(H,24,25). The number of methoxy groups -OCH3 is 2. The van der Waals surface area contributed by atoms with Crippen molar-refractivity contribution in [3.8, 4) is 34.1 Å². The summed E-state index contributed by atoms with van der Waals surface area (Å²) in [7, 11) is 3.06. The number of hydrogen-bond donors (Lipinski definition) is 1. The van der Waals surface area contributed by atoms with Crippen LogP contribution in [0.15, 0.2) is 30.3 Å². The van der Waals surface area contributed by atoms with Gasteiger partial charge >= 0.3 is 5.97 Å². The first-order valence-corrected chi connectivity index (χ1v) is 9.38. The predicted octanol–water partition coefficient (Wildman–Crippen LogP) is 4.13.